The molecule has 2 N–H and O–H groups in total. The van der Waals surface area contributed by atoms with Gasteiger partial charge in [-0.3, -0.25) is 9.48 Å². The van der Waals surface area contributed by atoms with Crippen LogP contribution < -0.4 is 10.6 Å². The third kappa shape index (κ3) is 5.20. The molecule has 1 rings (SSSR count). The standard InChI is InChI=1S/C13H24N4O.ClH/c1-6-14-7-8-15-12(18)10-9-11(13(2,3)4)16-17(10)5;/h9,14H,6-8H2,1-5H3,(H,15,18);1H. The summed E-state index contributed by atoms with van der Waals surface area (Å²) in [5, 5.41) is 10.4. The number of carbonyl (C=O) groups excluding carboxylic acids is 1. The summed E-state index contributed by atoms with van der Waals surface area (Å²) in [6, 6.07) is 1.86. The van der Waals surface area contributed by atoms with E-state index in [9.17, 15) is 4.79 Å². The molecule has 0 unspecified atom stereocenters. The summed E-state index contributed by atoms with van der Waals surface area (Å²) in [5.74, 6) is -0.0709. The Morgan fingerprint density at radius 1 is 1.37 bits per heavy atom. The van der Waals surface area contributed by atoms with Gasteiger partial charge in [-0.1, -0.05) is 27.7 Å². The molecule has 0 saturated carbocycles. The fourth-order valence-corrected chi connectivity index (χ4v) is 1.58. The second-order valence-corrected chi connectivity index (χ2v) is 5.40. The molecule has 0 radical (unpaired) electrons. The van der Waals surface area contributed by atoms with Crippen LogP contribution in [-0.2, 0) is 12.5 Å². The minimum absolute atomic E-state index is 0. The van der Waals surface area contributed by atoms with Crippen molar-refractivity contribution >= 4 is 18.3 Å². The second-order valence-electron chi connectivity index (χ2n) is 5.40. The summed E-state index contributed by atoms with van der Waals surface area (Å²) in [4.78, 5) is 12.0. The molecule has 0 fully saturated rings. The zero-order valence-corrected chi connectivity index (χ0v) is 13.2. The normalized spacial score (nSPS) is 11.0. The largest absolute Gasteiger partial charge is 0.349 e. The Bertz CT molecular complexity index is 409. The van der Waals surface area contributed by atoms with Crippen molar-refractivity contribution in [2.24, 2.45) is 7.05 Å². The molecule has 0 aliphatic heterocycles. The Morgan fingerprint density at radius 2 is 2.00 bits per heavy atom. The van der Waals surface area contributed by atoms with Crippen molar-refractivity contribution in [3.63, 3.8) is 0 Å². The lowest BCUT2D eigenvalue weighted by molar-refractivity contribution is 0.0944. The number of aryl methyl sites for hydroxylation is 1. The Morgan fingerprint density at radius 3 is 2.47 bits per heavy atom. The highest BCUT2D eigenvalue weighted by molar-refractivity contribution is 5.92. The minimum atomic E-state index is -0.0709. The quantitative estimate of drug-likeness (QED) is 0.807. The summed E-state index contributed by atoms with van der Waals surface area (Å²) < 4.78 is 1.64. The van der Waals surface area contributed by atoms with E-state index in [0.717, 1.165) is 18.8 Å². The molecule has 110 valence electrons. The molecule has 0 spiro atoms. The van der Waals surface area contributed by atoms with Gasteiger partial charge in [-0.2, -0.15) is 5.10 Å². The number of nitrogens with zero attached hydrogens (tertiary/aromatic N) is 2. The van der Waals surface area contributed by atoms with E-state index < -0.39 is 0 Å². The van der Waals surface area contributed by atoms with Gasteiger partial charge >= 0.3 is 0 Å². The van der Waals surface area contributed by atoms with Crippen molar-refractivity contribution in [3.05, 3.63) is 17.5 Å². The molecule has 0 bridgehead atoms. The maximum Gasteiger partial charge on any atom is 0.269 e. The average Bonchev–Trinajstić information content (AvgIpc) is 2.66. The first kappa shape index (κ1) is 17.9. The van der Waals surface area contributed by atoms with E-state index in [4.69, 9.17) is 0 Å². The lowest BCUT2D eigenvalue weighted by atomic mass is 9.92. The lowest BCUT2D eigenvalue weighted by Gasteiger charge is -2.13. The summed E-state index contributed by atoms with van der Waals surface area (Å²) >= 11 is 0. The van der Waals surface area contributed by atoms with Crippen molar-refractivity contribution in [1.29, 1.82) is 0 Å². The van der Waals surface area contributed by atoms with E-state index in [-0.39, 0.29) is 23.7 Å². The smallest absolute Gasteiger partial charge is 0.269 e. The predicted octanol–water partition coefficient (Wildman–Crippen LogP) is 1.48. The molecule has 0 saturated heterocycles. The van der Waals surface area contributed by atoms with E-state index in [2.05, 4.69) is 36.5 Å². The fraction of sp³-hybridized carbons (Fsp3) is 0.692. The number of halogens is 1. The van der Waals surface area contributed by atoms with Crippen LogP contribution >= 0.6 is 12.4 Å². The van der Waals surface area contributed by atoms with E-state index in [0.29, 0.717) is 12.2 Å². The van der Waals surface area contributed by atoms with E-state index >= 15 is 0 Å². The molecular weight excluding hydrogens is 264 g/mol. The summed E-state index contributed by atoms with van der Waals surface area (Å²) in [7, 11) is 1.80. The maximum absolute atomic E-state index is 12.0. The zero-order chi connectivity index (χ0) is 13.8. The first-order valence-electron chi connectivity index (χ1n) is 6.39. The van der Waals surface area contributed by atoms with Gasteiger partial charge in [0, 0.05) is 25.6 Å². The average molecular weight is 289 g/mol. The van der Waals surface area contributed by atoms with Crippen LogP contribution in [0.1, 0.15) is 43.9 Å². The molecule has 0 aromatic carbocycles. The molecule has 0 atom stereocenters. The Labute approximate surface area is 121 Å². The van der Waals surface area contributed by atoms with E-state index in [1.54, 1.807) is 11.7 Å². The van der Waals surface area contributed by atoms with Gasteiger partial charge < -0.3 is 10.6 Å². The van der Waals surface area contributed by atoms with Crippen molar-refractivity contribution in [2.75, 3.05) is 19.6 Å². The van der Waals surface area contributed by atoms with Crippen LogP contribution in [0.5, 0.6) is 0 Å². The molecular formula is C13H25ClN4O. The summed E-state index contributed by atoms with van der Waals surface area (Å²) in [6.45, 7) is 10.6. The van der Waals surface area contributed by atoms with Crippen LogP contribution in [0.3, 0.4) is 0 Å². The number of likely N-dealkylation sites (N-methyl/N-ethyl adjacent to an activating group) is 1. The minimum Gasteiger partial charge on any atom is -0.349 e. The molecule has 6 heteroatoms. The number of carbonyl (C=O) groups is 1. The highest BCUT2D eigenvalue weighted by Gasteiger charge is 2.21. The van der Waals surface area contributed by atoms with Crippen molar-refractivity contribution in [2.45, 2.75) is 33.1 Å². The first-order chi connectivity index (χ1) is 8.36. The molecule has 1 amide bonds. The van der Waals surface area contributed by atoms with Crippen LogP contribution in [0.4, 0.5) is 0 Å². The highest BCUT2D eigenvalue weighted by atomic mass is 35.5. The molecule has 0 aliphatic carbocycles. The monoisotopic (exact) mass is 288 g/mol. The Kier molecular flexibility index (Phi) is 7.08. The predicted molar refractivity (Wildman–Crippen MR) is 80.0 cm³/mol. The maximum atomic E-state index is 12.0. The van der Waals surface area contributed by atoms with Crippen LogP contribution in [-0.4, -0.2) is 35.3 Å². The highest BCUT2D eigenvalue weighted by Crippen LogP contribution is 2.21. The van der Waals surface area contributed by atoms with Gasteiger partial charge in [-0.25, -0.2) is 0 Å². The lowest BCUT2D eigenvalue weighted by Crippen LogP contribution is -2.32. The first-order valence-corrected chi connectivity index (χ1v) is 6.39. The SMILES string of the molecule is CCNCCNC(=O)c1cc(C(C)(C)C)nn1C.Cl. The van der Waals surface area contributed by atoms with Gasteiger partial charge in [0.15, 0.2) is 0 Å². The molecule has 0 aliphatic rings. The van der Waals surface area contributed by atoms with Gasteiger partial charge in [0.2, 0.25) is 0 Å². The van der Waals surface area contributed by atoms with Gasteiger partial charge in [0.1, 0.15) is 5.69 Å². The van der Waals surface area contributed by atoms with Crippen molar-refractivity contribution in [1.82, 2.24) is 20.4 Å². The van der Waals surface area contributed by atoms with E-state index in [1.807, 2.05) is 13.0 Å². The molecule has 1 aromatic rings. The molecule has 1 heterocycles. The molecule has 1 aromatic heterocycles. The van der Waals surface area contributed by atoms with Gasteiger partial charge in [0.05, 0.1) is 5.69 Å². The molecule has 19 heavy (non-hydrogen) atoms. The van der Waals surface area contributed by atoms with Gasteiger partial charge in [-0.15, -0.1) is 12.4 Å². The third-order valence-electron chi connectivity index (χ3n) is 2.72. The number of hydrogen-bond donors (Lipinski definition) is 2. The third-order valence-corrected chi connectivity index (χ3v) is 2.72. The van der Waals surface area contributed by atoms with Crippen molar-refractivity contribution in [3.8, 4) is 0 Å². The van der Waals surface area contributed by atoms with Crippen LogP contribution in [0.15, 0.2) is 6.07 Å². The second kappa shape index (κ2) is 7.50. The number of amides is 1. The Hall–Kier alpha value is -1.07. The van der Waals surface area contributed by atoms with Gasteiger partial charge in [-0.05, 0) is 12.6 Å². The number of aromatic nitrogens is 2. The number of hydrogen-bond acceptors (Lipinski definition) is 3. The van der Waals surface area contributed by atoms with Crippen LogP contribution in [0.25, 0.3) is 0 Å². The molecule has 5 nitrogen and oxygen atoms in total. The number of nitrogens with one attached hydrogen (secondary N) is 2. The van der Waals surface area contributed by atoms with Crippen LogP contribution in [0, 0.1) is 0 Å². The summed E-state index contributed by atoms with van der Waals surface area (Å²) in [5.41, 5.74) is 1.50. The summed E-state index contributed by atoms with van der Waals surface area (Å²) in [6.07, 6.45) is 0. The van der Waals surface area contributed by atoms with Gasteiger partial charge in [0.25, 0.3) is 5.91 Å². The topological polar surface area (TPSA) is 58.9 Å². The van der Waals surface area contributed by atoms with E-state index in [1.165, 1.54) is 0 Å². The Balaban J connectivity index is 0.00000324. The number of rotatable bonds is 5. The fourth-order valence-electron chi connectivity index (χ4n) is 1.58. The van der Waals surface area contributed by atoms with Crippen LogP contribution in [0.2, 0.25) is 0 Å². The zero-order valence-electron chi connectivity index (χ0n) is 12.4. The van der Waals surface area contributed by atoms with Crippen molar-refractivity contribution < 1.29 is 4.79 Å².